The van der Waals surface area contributed by atoms with E-state index >= 15 is 0 Å². The molecule has 278 valence electrons. The van der Waals surface area contributed by atoms with Crippen molar-refractivity contribution in [2.24, 2.45) is 0 Å². The summed E-state index contributed by atoms with van der Waals surface area (Å²) in [6.07, 6.45) is 12.0. The topological polar surface area (TPSA) is 0 Å². The van der Waals surface area contributed by atoms with Crippen molar-refractivity contribution in [3.63, 3.8) is 0 Å². The summed E-state index contributed by atoms with van der Waals surface area (Å²) in [5, 5.41) is 2.28. The molecule has 6 aromatic carbocycles. The van der Waals surface area contributed by atoms with E-state index in [1.165, 1.54) is 127 Å². The van der Waals surface area contributed by atoms with E-state index in [0.29, 0.717) is 0 Å². The molecule has 6 rings (SSSR count). The zero-order valence-corrected chi connectivity index (χ0v) is 36.9. The van der Waals surface area contributed by atoms with Gasteiger partial charge in [0, 0.05) is 8.59 Å². The molecular weight excluding hydrogens is 803 g/mol. The molecule has 0 aliphatic rings. The van der Waals surface area contributed by atoms with Crippen LogP contribution >= 0.6 is 34.2 Å². The summed E-state index contributed by atoms with van der Waals surface area (Å²) >= 11 is 9.36. The molecule has 0 saturated heterocycles. The molecule has 0 radical (unpaired) electrons. The van der Waals surface area contributed by atoms with Crippen LogP contribution in [-0.4, -0.2) is 8.07 Å². The third-order valence-corrected chi connectivity index (χ3v) is 13.7. The summed E-state index contributed by atoms with van der Waals surface area (Å²) < 4.78 is 1.26. The number of benzene rings is 6. The molecule has 0 bridgehead atoms. The average Bonchev–Trinajstić information content (AvgIpc) is 3.18. The van der Waals surface area contributed by atoms with Crippen LogP contribution in [0.25, 0.3) is 55.6 Å². The molecule has 0 aromatic heterocycles. The highest BCUT2D eigenvalue weighted by atomic mass is 127. The van der Waals surface area contributed by atoms with Crippen molar-refractivity contribution in [1.29, 1.82) is 0 Å². The molecule has 0 aliphatic carbocycles. The quantitative estimate of drug-likeness (QED) is 0.0517. The summed E-state index contributed by atoms with van der Waals surface area (Å²) in [5.74, 6) is 0. The molecule has 3 heteroatoms. The standard InChI is InChI=1S/C51H56ClISi/c1-6-8-10-12-16-43-36-51(46-31-45(32-47(52)33-46)39-26-28-49(29-27-39)54(3,4)5)44(17-13-11-9-7-2)35-50(43)42-20-14-18-40(30-42)37-22-24-38(25-23-37)41-19-15-21-48(53)34-41/h14-15,18-36H,6-13,16-17H2,1-5H3. The lowest BCUT2D eigenvalue weighted by molar-refractivity contribution is 0.664. The van der Waals surface area contributed by atoms with Gasteiger partial charge in [0.2, 0.25) is 0 Å². The molecule has 0 fully saturated rings. The molecule has 0 nitrogen and oxygen atoms in total. The van der Waals surface area contributed by atoms with E-state index in [2.05, 4.69) is 183 Å². The van der Waals surface area contributed by atoms with E-state index in [9.17, 15) is 0 Å². The third kappa shape index (κ3) is 10.4. The monoisotopic (exact) mass is 858 g/mol. The van der Waals surface area contributed by atoms with Gasteiger partial charge in [0.25, 0.3) is 0 Å². The molecule has 0 unspecified atom stereocenters. The summed E-state index contributed by atoms with van der Waals surface area (Å²) in [7, 11) is -1.38. The average molecular weight is 859 g/mol. The van der Waals surface area contributed by atoms with Crippen molar-refractivity contribution in [2.75, 3.05) is 0 Å². The van der Waals surface area contributed by atoms with Crippen molar-refractivity contribution >= 4 is 47.5 Å². The van der Waals surface area contributed by atoms with Crippen LogP contribution in [0.5, 0.6) is 0 Å². The Labute approximate surface area is 345 Å². The Morgan fingerprint density at radius 1 is 0.444 bits per heavy atom. The second-order valence-corrected chi connectivity index (χ2v) is 22.8. The van der Waals surface area contributed by atoms with Gasteiger partial charge in [-0.1, -0.05) is 180 Å². The number of aryl methyl sites for hydroxylation is 2. The van der Waals surface area contributed by atoms with E-state index in [-0.39, 0.29) is 0 Å². The maximum absolute atomic E-state index is 6.97. The van der Waals surface area contributed by atoms with E-state index < -0.39 is 8.07 Å². The largest absolute Gasteiger partial charge is 0.0843 e. The highest BCUT2D eigenvalue weighted by Crippen LogP contribution is 2.39. The normalized spacial score (nSPS) is 11.6. The molecule has 54 heavy (non-hydrogen) atoms. The third-order valence-electron chi connectivity index (χ3n) is 10.8. The Hall–Kier alpha value is -3.44. The zero-order valence-electron chi connectivity index (χ0n) is 33.0. The van der Waals surface area contributed by atoms with Gasteiger partial charge in [-0.15, -0.1) is 0 Å². The molecule has 0 heterocycles. The van der Waals surface area contributed by atoms with E-state index in [0.717, 1.165) is 17.9 Å². The Balaban J connectivity index is 1.42. The second-order valence-electron chi connectivity index (χ2n) is 16.0. The summed E-state index contributed by atoms with van der Waals surface area (Å²) in [5.41, 5.74) is 15.5. The Kier molecular flexibility index (Phi) is 14.1. The first-order chi connectivity index (χ1) is 26.1. The maximum atomic E-state index is 6.97. The molecule has 0 aliphatic heterocycles. The number of unbranched alkanes of at least 4 members (excludes halogenated alkanes) is 6. The van der Waals surface area contributed by atoms with Crippen LogP contribution in [0.3, 0.4) is 0 Å². The fourth-order valence-electron chi connectivity index (χ4n) is 7.59. The second kappa shape index (κ2) is 18.9. The van der Waals surface area contributed by atoms with Crippen LogP contribution in [0, 0.1) is 3.57 Å². The highest BCUT2D eigenvalue weighted by molar-refractivity contribution is 14.1. The lowest BCUT2D eigenvalue weighted by Crippen LogP contribution is -2.37. The van der Waals surface area contributed by atoms with Gasteiger partial charge in [-0.3, -0.25) is 0 Å². The van der Waals surface area contributed by atoms with Crippen molar-refractivity contribution in [3.05, 3.63) is 147 Å². The van der Waals surface area contributed by atoms with Crippen LogP contribution in [0.2, 0.25) is 24.7 Å². The van der Waals surface area contributed by atoms with Crippen LogP contribution in [0.15, 0.2) is 127 Å². The smallest absolute Gasteiger partial charge is 0.0775 e. The first kappa shape index (κ1) is 40.2. The van der Waals surface area contributed by atoms with E-state index in [1.807, 2.05) is 0 Å². The Bertz CT molecular complexity index is 2140. The minimum Gasteiger partial charge on any atom is -0.0843 e. The highest BCUT2D eigenvalue weighted by Gasteiger charge is 2.18. The zero-order chi connectivity index (χ0) is 38.1. The molecule has 0 spiro atoms. The Morgan fingerprint density at radius 2 is 0.907 bits per heavy atom. The van der Waals surface area contributed by atoms with E-state index in [1.54, 1.807) is 0 Å². The molecule has 6 aromatic rings. The lowest BCUT2D eigenvalue weighted by atomic mass is 9.85. The Morgan fingerprint density at radius 3 is 1.46 bits per heavy atom. The van der Waals surface area contributed by atoms with Crippen LogP contribution in [-0.2, 0) is 12.8 Å². The minimum absolute atomic E-state index is 0.794. The number of halogens is 2. The lowest BCUT2D eigenvalue weighted by Gasteiger charge is -2.20. The van der Waals surface area contributed by atoms with Crippen LogP contribution < -0.4 is 5.19 Å². The number of rotatable bonds is 16. The van der Waals surface area contributed by atoms with Gasteiger partial charge in [0.05, 0.1) is 8.07 Å². The van der Waals surface area contributed by atoms with Gasteiger partial charge in [0.15, 0.2) is 0 Å². The predicted octanol–water partition coefficient (Wildman–Crippen LogP) is 16.1. The van der Waals surface area contributed by atoms with Gasteiger partial charge in [-0.25, -0.2) is 0 Å². The van der Waals surface area contributed by atoms with Crippen LogP contribution in [0.1, 0.15) is 76.3 Å². The predicted molar refractivity (Wildman–Crippen MR) is 250 cm³/mol. The first-order valence-corrected chi connectivity index (χ1v) is 25.1. The SMILES string of the molecule is CCCCCCc1cc(-c2cc(Cl)cc(-c3ccc([Si](C)(C)C)cc3)c2)c(CCCCCC)cc1-c1cccc(-c2ccc(-c3cccc(I)c3)cc2)c1. The maximum Gasteiger partial charge on any atom is 0.0775 e. The van der Waals surface area contributed by atoms with Crippen molar-refractivity contribution in [1.82, 2.24) is 0 Å². The minimum atomic E-state index is -1.38. The molecule has 0 atom stereocenters. The van der Waals surface area contributed by atoms with Gasteiger partial charge < -0.3 is 0 Å². The van der Waals surface area contributed by atoms with E-state index in [4.69, 9.17) is 11.6 Å². The van der Waals surface area contributed by atoms with Crippen molar-refractivity contribution in [3.8, 4) is 55.6 Å². The molecule has 0 saturated carbocycles. The molecule has 0 N–H and O–H groups in total. The molecule has 0 amide bonds. The fraction of sp³-hybridized carbons (Fsp3) is 0.294. The van der Waals surface area contributed by atoms with Crippen molar-refractivity contribution < 1.29 is 0 Å². The van der Waals surface area contributed by atoms with Crippen LogP contribution in [0.4, 0.5) is 0 Å². The number of hydrogen-bond acceptors (Lipinski definition) is 0. The fourth-order valence-corrected chi connectivity index (χ4v) is 9.53. The first-order valence-electron chi connectivity index (χ1n) is 20.2. The summed E-state index contributed by atoms with van der Waals surface area (Å²) in [6, 6.07) is 48.0. The van der Waals surface area contributed by atoms with Gasteiger partial charge in [0.1, 0.15) is 0 Å². The summed E-state index contributed by atoms with van der Waals surface area (Å²) in [6.45, 7) is 11.8. The van der Waals surface area contributed by atoms with Gasteiger partial charge >= 0.3 is 0 Å². The summed E-state index contributed by atoms with van der Waals surface area (Å²) in [4.78, 5) is 0. The number of hydrogen-bond donors (Lipinski definition) is 0. The molecular formula is C51H56ClISi. The van der Waals surface area contributed by atoms with Gasteiger partial charge in [-0.05, 0) is 151 Å². The van der Waals surface area contributed by atoms with Gasteiger partial charge in [-0.2, -0.15) is 0 Å². The van der Waals surface area contributed by atoms with Crippen molar-refractivity contribution in [2.45, 2.75) is 97.7 Å².